The number of nitrogens with one attached hydrogen (secondary N) is 2. The number of hydrogen-bond acceptors (Lipinski definition) is 5. The molecule has 0 radical (unpaired) electrons. The Balaban J connectivity index is 2.09. The molecule has 0 atom stereocenters. The van der Waals surface area contributed by atoms with Crippen LogP contribution in [0.25, 0.3) is 0 Å². The highest BCUT2D eigenvalue weighted by Gasteiger charge is 2.03. The van der Waals surface area contributed by atoms with Crippen molar-refractivity contribution in [3.8, 4) is 11.5 Å². The number of aromatic hydroxyl groups is 1. The van der Waals surface area contributed by atoms with E-state index in [1.54, 1.807) is 19.1 Å². The monoisotopic (exact) mass is 332 g/mol. The van der Waals surface area contributed by atoms with E-state index in [1.807, 2.05) is 6.92 Å². The molecule has 0 amide bonds. The molecule has 0 fully saturated rings. The van der Waals surface area contributed by atoms with Crippen LogP contribution in [0.1, 0.15) is 18.2 Å². The van der Waals surface area contributed by atoms with Gasteiger partial charge in [0.2, 0.25) is 5.95 Å². The second kappa shape index (κ2) is 7.50. The number of ether oxygens (including phenoxy) is 1. The van der Waals surface area contributed by atoms with Crippen molar-refractivity contribution in [2.45, 2.75) is 13.8 Å². The van der Waals surface area contributed by atoms with Crippen molar-refractivity contribution in [2.75, 3.05) is 11.9 Å². The van der Waals surface area contributed by atoms with Crippen molar-refractivity contribution in [3.05, 3.63) is 45.9 Å². The predicted molar refractivity (Wildman–Crippen MR) is 92.7 cm³/mol. The molecule has 2 aromatic rings. The van der Waals surface area contributed by atoms with Gasteiger partial charge in [0, 0.05) is 18.0 Å². The maximum Gasteiger partial charge on any atom is 0.252 e. The molecule has 120 valence electrons. The van der Waals surface area contributed by atoms with E-state index in [9.17, 15) is 9.90 Å². The van der Waals surface area contributed by atoms with Crippen molar-refractivity contribution in [1.82, 2.24) is 9.97 Å². The Labute approximate surface area is 138 Å². The molecule has 0 aliphatic carbocycles. The summed E-state index contributed by atoms with van der Waals surface area (Å²) in [6.07, 6.45) is 1.52. The van der Waals surface area contributed by atoms with E-state index in [4.69, 9.17) is 17.0 Å². The molecule has 8 heteroatoms. The van der Waals surface area contributed by atoms with Gasteiger partial charge in [-0.1, -0.05) is 0 Å². The van der Waals surface area contributed by atoms with Crippen LogP contribution in [0.2, 0.25) is 0 Å². The van der Waals surface area contributed by atoms with Gasteiger partial charge in [0.1, 0.15) is 0 Å². The van der Waals surface area contributed by atoms with Crippen molar-refractivity contribution < 1.29 is 9.84 Å². The van der Waals surface area contributed by atoms with Crippen LogP contribution in [-0.2, 0) is 0 Å². The van der Waals surface area contributed by atoms with Crippen LogP contribution in [0.3, 0.4) is 0 Å². The first kappa shape index (κ1) is 16.6. The lowest BCUT2D eigenvalue weighted by Gasteiger charge is -2.06. The first-order valence-corrected chi connectivity index (χ1v) is 7.27. The molecule has 0 spiro atoms. The van der Waals surface area contributed by atoms with E-state index >= 15 is 0 Å². The summed E-state index contributed by atoms with van der Waals surface area (Å²) >= 11 is 5.08. The van der Waals surface area contributed by atoms with E-state index in [2.05, 4.69) is 20.3 Å². The molecule has 1 heterocycles. The minimum absolute atomic E-state index is 0.0613. The zero-order valence-corrected chi connectivity index (χ0v) is 13.5. The van der Waals surface area contributed by atoms with Crippen LogP contribution in [0.5, 0.6) is 11.5 Å². The first-order valence-electron chi connectivity index (χ1n) is 6.86. The molecule has 7 nitrogen and oxygen atoms in total. The minimum atomic E-state index is -0.272. The Kier molecular flexibility index (Phi) is 5.42. The molecule has 3 N–H and O–H groups in total. The Morgan fingerprint density at radius 1 is 1.52 bits per heavy atom. The summed E-state index contributed by atoms with van der Waals surface area (Å²) in [7, 11) is 0. The van der Waals surface area contributed by atoms with E-state index in [0.29, 0.717) is 23.6 Å². The number of H-pyrrole nitrogens is 1. The van der Waals surface area contributed by atoms with Gasteiger partial charge in [-0.05, 0) is 49.8 Å². The van der Waals surface area contributed by atoms with Crippen LogP contribution in [0.4, 0.5) is 5.95 Å². The second-order valence-corrected chi connectivity index (χ2v) is 4.97. The number of phenolic OH excluding ortho intramolecular Hbond substituents is 1. The predicted octanol–water partition coefficient (Wildman–Crippen LogP) is 2.00. The van der Waals surface area contributed by atoms with Crippen molar-refractivity contribution in [1.29, 1.82) is 0 Å². The van der Waals surface area contributed by atoms with Crippen LogP contribution in [-0.4, -0.2) is 33.0 Å². The number of aliphatic imine (C=N–C) groups is 1. The maximum absolute atomic E-state index is 11.3. The lowest BCUT2D eigenvalue weighted by Crippen LogP contribution is -2.15. The summed E-state index contributed by atoms with van der Waals surface area (Å²) < 4.78 is 5.30. The normalized spacial score (nSPS) is 10.7. The van der Waals surface area contributed by atoms with Crippen molar-refractivity contribution >= 4 is 29.5 Å². The lowest BCUT2D eigenvalue weighted by atomic mass is 10.2. The third-order valence-corrected chi connectivity index (χ3v) is 2.92. The van der Waals surface area contributed by atoms with Crippen molar-refractivity contribution in [3.63, 3.8) is 0 Å². The summed E-state index contributed by atoms with van der Waals surface area (Å²) in [5.74, 6) is 0.670. The van der Waals surface area contributed by atoms with Crippen LogP contribution >= 0.6 is 12.2 Å². The van der Waals surface area contributed by atoms with E-state index in [1.165, 1.54) is 18.3 Å². The SMILES string of the molecule is CCOc1cc(/C=N/C(=S)Nc2nc(C)cc(=O)[nH]2)ccc1O. The highest BCUT2D eigenvalue weighted by Crippen LogP contribution is 2.26. The van der Waals surface area contributed by atoms with Gasteiger partial charge >= 0.3 is 0 Å². The van der Waals surface area contributed by atoms with Gasteiger partial charge in [-0.15, -0.1) is 0 Å². The zero-order valence-electron chi connectivity index (χ0n) is 12.7. The highest BCUT2D eigenvalue weighted by molar-refractivity contribution is 7.80. The number of phenols is 1. The Morgan fingerprint density at radius 3 is 3.00 bits per heavy atom. The van der Waals surface area contributed by atoms with Gasteiger partial charge in [-0.2, -0.15) is 0 Å². The third kappa shape index (κ3) is 4.89. The Morgan fingerprint density at radius 2 is 2.30 bits per heavy atom. The number of aromatic amines is 1. The molecule has 1 aromatic carbocycles. The first-order chi connectivity index (χ1) is 11.0. The molecule has 0 aliphatic heterocycles. The fourth-order valence-electron chi connectivity index (χ4n) is 1.79. The third-order valence-electron chi connectivity index (χ3n) is 2.71. The standard InChI is InChI=1S/C15H16N4O3S/c1-3-22-12-7-10(4-5-11(12)20)8-16-15(23)19-14-17-9(2)6-13(21)18-14/h4-8,20H,3H2,1-2H3,(H2,17,18,19,21,23)/b16-8+. The number of aromatic nitrogens is 2. The topological polar surface area (TPSA) is 99.6 Å². The quantitative estimate of drug-likeness (QED) is 0.585. The van der Waals surface area contributed by atoms with Crippen LogP contribution in [0.15, 0.2) is 34.1 Å². The fraction of sp³-hybridized carbons (Fsp3) is 0.200. The molecule has 23 heavy (non-hydrogen) atoms. The lowest BCUT2D eigenvalue weighted by molar-refractivity contribution is 0.318. The van der Waals surface area contributed by atoms with Gasteiger partial charge in [0.15, 0.2) is 16.6 Å². The molecule has 1 aromatic heterocycles. The average Bonchev–Trinajstić information content (AvgIpc) is 2.47. The Hall–Kier alpha value is -2.74. The zero-order chi connectivity index (χ0) is 16.8. The number of hydrogen-bond donors (Lipinski definition) is 3. The summed E-state index contributed by atoms with van der Waals surface area (Å²) in [5, 5.41) is 12.5. The Bertz CT molecular complexity index is 802. The number of thiocarbonyl (C=S) groups is 1. The number of benzene rings is 1. The van der Waals surface area contributed by atoms with Gasteiger partial charge in [-0.3, -0.25) is 9.78 Å². The molecule has 0 bridgehead atoms. The number of rotatable bonds is 4. The van der Waals surface area contributed by atoms with E-state index < -0.39 is 0 Å². The molecule has 0 unspecified atom stereocenters. The highest BCUT2D eigenvalue weighted by atomic mass is 32.1. The summed E-state index contributed by atoms with van der Waals surface area (Å²) in [5.41, 5.74) is 1.01. The number of aryl methyl sites for hydroxylation is 1. The van der Waals surface area contributed by atoms with Gasteiger partial charge in [0.25, 0.3) is 5.56 Å². The van der Waals surface area contributed by atoms with Gasteiger partial charge < -0.3 is 15.2 Å². The second-order valence-electron chi connectivity index (χ2n) is 4.58. The largest absolute Gasteiger partial charge is 0.504 e. The van der Waals surface area contributed by atoms with E-state index in [0.717, 1.165) is 0 Å². The molecular weight excluding hydrogens is 316 g/mol. The molecule has 0 saturated carbocycles. The fourth-order valence-corrected chi connectivity index (χ4v) is 1.94. The average molecular weight is 332 g/mol. The van der Waals surface area contributed by atoms with Crippen LogP contribution in [0, 0.1) is 6.92 Å². The summed E-state index contributed by atoms with van der Waals surface area (Å²) in [6, 6.07) is 6.22. The molecule has 0 aliphatic rings. The van der Waals surface area contributed by atoms with Gasteiger partial charge in [-0.25, -0.2) is 9.98 Å². The minimum Gasteiger partial charge on any atom is -0.504 e. The number of anilines is 1. The maximum atomic E-state index is 11.3. The summed E-state index contributed by atoms with van der Waals surface area (Å²) in [4.78, 5) is 22.0. The van der Waals surface area contributed by atoms with Crippen LogP contribution < -0.4 is 15.6 Å². The van der Waals surface area contributed by atoms with Crippen molar-refractivity contribution in [2.24, 2.45) is 4.99 Å². The molecule has 0 saturated heterocycles. The molecule has 2 rings (SSSR count). The molecular formula is C15H16N4O3S. The van der Waals surface area contributed by atoms with Gasteiger partial charge in [0.05, 0.1) is 6.61 Å². The number of nitrogens with zero attached hydrogens (tertiary/aromatic N) is 2. The van der Waals surface area contributed by atoms with E-state index in [-0.39, 0.29) is 22.4 Å². The summed E-state index contributed by atoms with van der Waals surface area (Å²) in [6.45, 7) is 3.98. The smallest absolute Gasteiger partial charge is 0.252 e.